The third-order valence-corrected chi connectivity index (χ3v) is 4.84. The van der Waals surface area contributed by atoms with Crippen LogP contribution in [0.2, 0.25) is 0 Å². The van der Waals surface area contributed by atoms with E-state index in [0.717, 1.165) is 11.8 Å². The van der Waals surface area contributed by atoms with Crippen LogP contribution >= 0.6 is 0 Å². The molecule has 0 atom stereocenters. The van der Waals surface area contributed by atoms with Gasteiger partial charge in [-0.15, -0.1) is 0 Å². The minimum absolute atomic E-state index is 0.0479. The number of amides is 2. The molecule has 0 bridgehead atoms. The first-order chi connectivity index (χ1) is 12.9. The molecule has 0 saturated carbocycles. The van der Waals surface area contributed by atoms with Crippen LogP contribution in [0.25, 0.3) is 0 Å². The van der Waals surface area contributed by atoms with Crippen LogP contribution in [0.15, 0.2) is 48.7 Å². The lowest BCUT2D eigenvalue weighted by Gasteiger charge is -2.08. The number of rotatable bonds is 9. The van der Waals surface area contributed by atoms with Gasteiger partial charge >= 0.3 is 0 Å². The van der Waals surface area contributed by atoms with Crippen LogP contribution in [0.1, 0.15) is 26.4 Å². The maximum Gasteiger partial charge on any atom is 0.269 e. The molecule has 1 heterocycles. The average molecular weight is 391 g/mol. The number of methoxy groups -OCH3 is 1. The Morgan fingerprint density at radius 3 is 2.44 bits per heavy atom. The summed E-state index contributed by atoms with van der Waals surface area (Å²) < 4.78 is 31.0. The molecule has 144 valence electrons. The molecule has 2 amide bonds. The number of nitrogens with one attached hydrogen (secondary N) is 2. The summed E-state index contributed by atoms with van der Waals surface area (Å²) in [6.45, 7) is 0.700. The van der Waals surface area contributed by atoms with Crippen molar-refractivity contribution >= 4 is 21.8 Å². The van der Waals surface area contributed by atoms with Gasteiger partial charge in [-0.1, -0.05) is 30.3 Å². The maximum atomic E-state index is 12.1. The summed E-state index contributed by atoms with van der Waals surface area (Å²) in [6.07, 6.45) is 1.45. The van der Waals surface area contributed by atoms with Crippen LogP contribution < -0.4 is 10.0 Å². The van der Waals surface area contributed by atoms with E-state index in [2.05, 4.69) is 10.3 Å². The Morgan fingerprint density at radius 1 is 1.07 bits per heavy atom. The van der Waals surface area contributed by atoms with Gasteiger partial charge in [-0.3, -0.25) is 14.6 Å². The number of nitrogens with zero attached hydrogens (tertiary/aromatic N) is 1. The Morgan fingerprint density at radius 2 is 1.81 bits per heavy atom. The van der Waals surface area contributed by atoms with Crippen molar-refractivity contribution in [2.45, 2.75) is 6.42 Å². The number of benzene rings is 1. The number of carbonyl (C=O) groups excluding carboxylic acids is 2. The first kappa shape index (κ1) is 20.5. The minimum Gasteiger partial charge on any atom is -0.383 e. The molecule has 2 N–H and O–H groups in total. The van der Waals surface area contributed by atoms with Crippen LogP contribution in [0.3, 0.4) is 0 Å². The number of pyridine rings is 1. The van der Waals surface area contributed by atoms with Crippen molar-refractivity contribution in [2.24, 2.45) is 0 Å². The third kappa shape index (κ3) is 6.80. The molecule has 0 unspecified atom stereocenters. The molecule has 9 heteroatoms. The third-order valence-electron chi connectivity index (χ3n) is 3.60. The van der Waals surface area contributed by atoms with E-state index in [1.807, 2.05) is 35.1 Å². The summed E-state index contributed by atoms with van der Waals surface area (Å²) in [5.41, 5.74) is 1.03. The van der Waals surface area contributed by atoms with Gasteiger partial charge in [0.05, 0.1) is 17.9 Å². The lowest BCUT2D eigenvalue weighted by molar-refractivity contribution is 0.0929. The molecule has 27 heavy (non-hydrogen) atoms. The van der Waals surface area contributed by atoms with Crippen LogP contribution in [-0.4, -0.2) is 51.2 Å². The number of carbonyl (C=O) groups is 2. The van der Waals surface area contributed by atoms with Gasteiger partial charge in [-0.25, -0.2) is 13.1 Å². The standard InChI is InChI=1S/C18H21N3O5S/c1-26-11-10-19-18(23)16-8-7-15(13-20-16)17(22)21-27(24,25)12-9-14-5-3-2-4-6-14/h2-8,13H,9-12H2,1H3,(H,19,23)(H,21,22). The minimum atomic E-state index is -3.79. The highest BCUT2D eigenvalue weighted by atomic mass is 32.2. The number of aryl methyl sites for hydroxylation is 1. The summed E-state index contributed by atoms with van der Waals surface area (Å²) in [7, 11) is -2.27. The van der Waals surface area contributed by atoms with Gasteiger partial charge in [-0.05, 0) is 24.1 Å². The van der Waals surface area contributed by atoms with Crippen molar-refractivity contribution in [3.63, 3.8) is 0 Å². The predicted octanol–water partition coefficient (Wildman–Crippen LogP) is 0.760. The fraction of sp³-hybridized carbons (Fsp3) is 0.278. The van der Waals surface area contributed by atoms with E-state index < -0.39 is 21.8 Å². The molecule has 0 aliphatic carbocycles. The second-order valence-corrected chi connectivity index (χ2v) is 7.51. The van der Waals surface area contributed by atoms with Crippen molar-refractivity contribution in [3.05, 3.63) is 65.5 Å². The number of ether oxygens (including phenoxy) is 1. The molecule has 0 aliphatic rings. The number of sulfonamides is 1. The van der Waals surface area contributed by atoms with Crippen molar-refractivity contribution in [3.8, 4) is 0 Å². The Hall–Kier alpha value is -2.78. The Kier molecular flexibility index (Phi) is 7.44. The number of aromatic nitrogens is 1. The monoisotopic (exact) mass is 391 g/mol. The molecule has 2 aromatic rings. The Bertz CT molecular complexity index is 868. The van der Waals surface area contributed by atoms with Gasteiger partial charge < -0.3 is 10.1 Å². The topological polar surface area (TPSA) is 114 Å². The average Bonchev–Trinajstić information content (AvgIpc) is 2.67. The first-order valence-corrected chi connectivity index (χ1v) is 9.88. The highest BCUT2D eigenvalue weighted by molar-refractivity contribution is 7.90. The lowest BCUT2D eigenvalue weighted by atomic mass is 10.2. The van der Waals surface area contributed by atoms with Gasteiger partial charge in [0.15, 0.2) is 0 Å². The fourth-order valence-corrected chi connectivity index (χ4v) is 3.17. The van der Waals surface area contributed by atoms with Crippen LogP contribution in [0.5, 0.6) is 0 Å². The zero-order chi connectivity index (χ0) is 19.7. The SMILES string of the molecule is COCCNC(=O)c1ccc(C(=O)NS(=O)(=O)CCc2ccccc2)cn1. The largest absolute Gasteiger partial charge is 0.383 e. The molecule has 1 aromatic heterocycles. The molecule has 0 fully saturated rings. The van der Waals surface area contributed by atoms with Crippen molar-refractivity contribution < 1.29 is 22.7 Å². The molecule has 8 nitrogen and oxygen atoms in total. The van der Waals surface area contributed by atoms with Gasteiger partial charge in [0.1, 0.15) is 5.69 Å². The number of hydrogen-bond acceptors (Lipinski definition) is 6. The maximum absolute atomic E-state index is 12.1. The summed E-state index contributed by atoms with van der Waals surface area (Å²) in [5.74, 6) is -1.41. The highest BCUT2D eigenvalue weighted by Gasteiger charge is 2.17. The van der Waals surface area contributed by atoms with Gasteiger partial charge in [0, 0.05) is 19.9 Å². The quantitative estimate of drug-likeness (QED) is 0.610. The van der Waals surface area contributed by atoms with E-state index in [0.29, 0.717) is 19.6 Å². The van der Waals surface area contributed by atoms with Crippen molar-refractivity contribution in [1.82, 2.24) is 15.0 Å². The zero-order valence-electron chi connectivity index (χ0n) is 14.8. The molecular formula is C18H21N3O5S. The number of hydrogen-bond donors (Lipinski definition) is 2. The van der Waals surface area contributed by atoms with E-state index in [1.54, 1.807) is 0 Å². The lowest BCUT2D eigenvalue weighted by Crippen LogP contribution is -2.33. The van der Waals surface area contributed by atoms with Gasteiger partial charge in [0.2, 0.25) is 10.0 Å². The van der Waals surface area contributed by atoms with Crippen LogP contribution in [-0.2, 0) is 21.2 Å². The Labute approximate surface area is 158 Å². The summed E-state index contributed by atoms with van der Waals surface area (Å²) in [6, 6.07) is 11.8. The van der Waals surface area contributed by atoms with E-state index >= 15 is 0 Å². The second kappa shape index (κ2) is 9.79. The molecule has 2 rings (SSSR count). The first-order valence-electron chi connectivity index (χ1n) is 8.23. The molecule has 0 radical (unpaired) electrons. The predicted molar refractivity (Wildman–Crippen MR) is 99.8 cm³/mol. The van der Waals surface area contributed by atoms with E-state index in [9.17, 15) is 18.0 Å². The molecule has 0 spiro atoms. The van der Waals surface area contributed by atoms with Crippen molar-refractivity contribution in [2.75, 3.05) is 26.0 Å². The highest BCUT2D eigenvalue weighted by Crippen LogP contribution is 2.04. The molecule has 0 aliphatic heterocycles. The van der Waals surface area contributed by atoms with Gasteiger partial charge in [0.25, 0.3) is 11.8 Å². The summed E-state index contributed by atoms with van der Waals surface area (Å²) in [5, 5.41) is 2.60. The van der Waals surface area contributed by atoms with Crippen molar-refractivity contribution in [1.29, 1.82) is 0 Å². The molecule has 0 saturated heterocycles. The van der Waals surface area contributed by atoms with E-state index in [4.69, 9.17) is 4.74 Å². The van der Waals surface area contributed by atoms with Crippen LogP contribution in [0, 0.1) is 0 Å². The van der Waals surface area contributed by atoms with E-state index in [1.165, 1.54) is 19.2 Å². The molecular weight excluding hydrogens is 370 g/mol. The summed E-state index contributed by atoms with van der Waals surface area (Å²) in [4.78, 5) is 27.8. The van der Waals surface area contributed by atoms with Gasteiger partial charge in [-0.2, -0.15) is 0 Å². The zero-order valence-corrected chi connectivity index (χ0v) is 15.7. The fourth-order valence-electron chi connectivity index (χ4n) is 2.17. The smallest absolute Gasteiger partial charge is 0.269 e. The second-order valence-electron chi connectivity index (χ2n) is 5.67. The van der Waals surface area contributed by atoms with Crippen LogP contribution in [0.4, 0.5) is 0 Å². The Balaban J connectivity index is 1.91. The normalized spacial score (nSPS) is 11.0. The summed E-state index contributed by atoms with van der Waals surface area (Å²) >= 11 is 0. The molecule has 1 aromatic carbocycles. The van der Waals surface area contributed by atoms with E-state index in [-0.39, 0.29) is 17.0 Å².